The number of carbonyl (C=O) groups is 2. The average molecular weight is 327 g/mol. The maximum Gasteiger partial charge on any atom is 0.356 e. The average Bonchev–Trinajstić information content (AvgIpc) is 2.73. The minimum absolute atomic E-state index is 0.216. The molecule has 8 heteroatoms. The molecule has 0 aromatic heterocycles. The van der Waals surface area contributed by atoms with Gasteiger partial charge in [0.1, 0.15) is 6.73 Å². The Hall–Kier alpha value is -1.53. The molecule has 0 fully saturated rings. The monoisotopic (exact) mass is 327 g/mol. The van der Waals surface area contributed by atoms with Gasteiger partial charge in [-0.2, -0.15) is 0 Å². The van der Waals surface area contributed by atoms with E-state index < -0.39 is 19.4 Å². The number of fused-ring (bicyclic) bond motifs is 1. The van der Waals surface area contributed by atoms with E-state index in [9.17, 15) is 14.2 Å². The summed E-state index contributed by atoms with van der Waals surface area (Å²) in [5.41, 5.74) is 0.683. The van der Waals surface area contributed by atoms with Crippen LogP contribution in [0.25, 0.3) is 0 Å². The van der Waals surface area contributed by atoms with Crippen molar-refractivity contribution >= 4 is 19.4 Å². The van der Waals surface area contributed by atoms with Crippen LogP contribution in [0.5, 0.6) is 0 Å². The lowest BCUT2D eigenvalue weighted by Crippen LogP contribution is -2.32. The second kappa shape index (κ2) is 7.15. The molecule has 0 saturated carbocycles. The fraction of sp³-hybridized carbons (Fsp3) is 0.429. The number of amides is 2. The van der Waals surface area contributed by atoms with Crippen LogP contribution in [0, 0.1) is 0 Å². The van der Waals surface area contributed by atoms with E-state index in [1.165, 1.54) is 0 Å². The minimum Gasteiger partial charge on any atom is -0.348 e. The third-order valence-corrected chi connectivity index (χ3v) is 4.80. The first-order valence-electron chi connectivity index (χ1n) is 6.93. The van der Waals surface area contributed by atoms with Gasteiger partial charge >= 0.3 is 7.60 Å². The van der Waals surface area contributed by atoms with E-state index in [0.29, 0.717) is 11.1 Å². The summed E-state index contributed by atoms with van der Waals surface area (Å²) in [6.45, 7) is 3.52. The van der Waals surface area contributed by atoms with E-state index in [-0.39, 0.29) is 26.3 Å². The molecule has 1 aromatic carbocycles. The zero-order valence-electron chi connectivity index (χ0n) is 12.5. The van der Waals surface area contributed by atoms with Crippen LogP contribution >= 0.6 is 7.60 Å². The van der Waals surface area contributed by atoms with Gasteiger partial charge in [0.25, 0.3) is 11.8 Å². The van der Waals surface area contributed by atoms with Crippen LogP contribution in [-0.4, -0.2) is 43.0 Å². The number of rotatable bonds is 8. The van der Waals surface area contributed by atoms with Crippen LogP contribution in [0.3, 0.4) is 0 Å². The molecule has 0 saturated heterocycles. The Balaban J connectivity index is 1.97. The third kappa shape index (κ3) is 3.44. The van der Waals surface area contributed by atoms with Crippen molar-refractivity contribution in [1.29, 1.82) is 0 Å². The van der Waals surface area contributed by atoms with E-state index in [2.05, 4.69) is 0 Å². The van der Waals surface area contributed by atoms with E-state index in [4.69, 9.17) is 13.8 Å². The molecule has 1 aromatic rings. The van der Waals surface area contributed by atoms with Crippen LogP contribution in [0.1, 0.15) is 34.6 Å². The summed E-state index contributed by atoms with van der Waals surface area (Å²) in [5, 5.41) is 0. The second-order valence-electron chi connectivity index (χ2n) is 4.49. The normalized spacial score (nSPS) is 14.5. The first-order valence-corrected chi connectivity index (χ1v) is 8.66. The van der Waals surface area contributed by atoms with Crippen molar-refractivity contribution in [1.82, 2.24) is 4.90 Å². The molecule has 7 nitrogen and oxygen atoms in total. The molecule has 0 unspecified atom stereocenters. The molecule has 2 rings (SSSR count). The predicted molar refractivity (Wildman–Crippen MR) is 78.6 cm³/mol. The van der Waals surface area contributed by atoms with E-state index >= 15 is 0 Å². The smallest absolute Gasteiger partial charge is 0.348 e. The van der Waals surface area contributed by atoms with Gasteiger partial charge in [0, 0.05) is 0 Å². The molecule has 1 aliphatic heterocycles. The molecule has 0 N–H and O–H groups in total. The lowest BCUT2D eigenvalue weighted by molar-refractivity contribution is 0.0306. The van der Waals surface area contributed by atoms with Crippen molar-refractivity contribution in [3.8, 4) is 0 Å². The largest absolute Gasteiger partial charge is 0.356 e. The molecule has 0 bridgehead atoms. The number of imide groups is 1. The van der Waals surface area contributed by atoms with Gasteiger partial charge in [-0.25, -0.2) is 4.90 Å². The summed E-state index contributed by atoms with van der Waals surface area (Å²) >= 11 is 0. The summed E-state index contributed by atoms with van der Waals surface area (Å²) in [7, 11) is -3.36. The van der Waals surface area contributed by atoms with E-state index in [1.807, 2.05) is 0 Å². The van der Waals surface area contributed by atoms with Gasteiger partial charge in [0.2, 0.25) is 0 Å². The van der Waals surface area contributed by atoms with Crippen molar-refractivity contribution < 1.29 is 27.9 Å². The lowest BCUT2D eigenvalue weighted by atomic mass is 10.1. The van der Waals surface area contributed by atoms with Crippen LogP contribution in [0.4, 0.5) is 0 Å². The highest BCUT2D eigenvalue weighted by atomic mass is 31.2. The molecule has 0 aliphatic carbocycles. The van der Waals surface area contributed by atoms with Gasteiger partial charge in [-0.15, -0.1) is 0 Å². The maximum absolute atomic E-state index is 12.2. The van der Waals surface area contributed by atoms with Crippen molar-refractivity contribution in [2.75, 3.05) is 26.3 Å². The highest BCUT2D eigenvalue weighted by Gasteiger charge is 2.35. The zero-order chi connectivity index (χ0) is 16.2. The standard InChI is InChI=1S/C14H18NO6P/c1-3-20-22(18,21-4-2)10-19-9-15-13(16)11-7-5-6-8-12(11)14(15)17/h5-8H,3-4,9-10H2,1-2H3. The van der Waals surface area contributed by atoms with Gasteiger partial charge in [-0.1, -0.05) is 12.1 Å². The molecule has 0 radical (unpaired) electrons. The Kier molecular flexibility index (Phi) is 5.47. The number of hydrogen-bond donors (Lipinski definition) is 0. The number of nitrogens with zero attached hydrogens (tertiary/aromatic N) is 1. The number of benzene rings is 1. The Morgan fingerprint density at radius 2 is 1.50 bits per heavy atom. The highest BCUT2D eigenvalue weighted by molar-refractivity contribution is 7.53. The molecule has 1 heterocycles. The fourth-order valence-electron chi connectivity index (χ4n) is 2.11. The first-order chi connectivity index (χ1) is 10.5. The van der Waals surface area contributed by atoms with Crippen molar-refractivity contribution in [2.24, 2.45) is 0 Å². The van der Waals surface area contributed by atoms with Crippen LogP contribution in [0.15, 0.2) is 24.3 Å². The Morgan fingerprint density at radius 3 is 1.95 bits per heavy atom. The molecule has 0 spiro atoms. The lowest BCUT2D eigenvalue weighted by Gasteiger charge is -2.19. The van der Waals surface area contributed by atoms with E-state index in [1.54, 1.807) is 38.1 Å². The topological polar surface area (TPSA) is 82.1 Å². The molecule has 2 amide bonds. The quantitative estimate of drug-likeness (QED) is 0.539. The molecule has 1 aliphatic rings. The molecule has 0 atom stereocenters. The molecule has 22 heavy (non-hydrogen) atoms. The summed E-state index contributed by atoms with van der Waals surface area (Å²) in [6, 6.07) is 6.54. The highest BCUT2D eigenvalue weighted by Crippen LogP contribution is 2.47. The Labute approximate surface area is 128 Å². The Bertz CT molecular complexity index is 572. The summed E-state index contributed by atoms with van der Waals surface area (Å²) < 4.78 is 27.6. The van der Waals surface area contributed by atoms with Gasteiger partial charge in [-0.3, -0.25) is 14.2 Å². The number of carbonyl (C=O) groups excluding carboxylic acids is 2. The van der Waals surface area contributed by atoms with Gasteiger partial charge < -0.3 is 13.8 Å². The van der Waals surface area contributed by atoms with Crippen LogP contribution < -0.4 is 0 Å². The Morgan fingerprint density at radius 1 is 1.00 bits per heavy atom. The van der Waals surface area contributed by atoms with Crippen LogP contribution in [0.2, 0.25) is 0 Å². The van der Waals surface area contributed by atoms with Crippen LogP contribution in [-0.2, 0) is 18.3 Å². The zero-order valence-corrected chi connectivity index (χ0v) is 13.4. The van der Waals surface area contributed by atoms with E-state index in [0.717, 1.165) is 4.90 Å². The van der Waals surface area contributed by atoms with Gasteiger partial charge in [-0.05, 0) is 26.0 Å². The fourth-order valence-corrected chi connectivity index (χ4v) is 3.42. The minimum atomic E-state index is -3.36. The molecular formula is C14H18NO6P. The van der Waals surface area contributed by atoms with Crippen molar-refractivity contribution in [3.63, 3.8) is 0 Å². The van der Waals surface area contributed by atoms with Gasteiger partial charge in [0.15, 0.2) is 6.35 Å². The first kappa shape index (κ1) is 16.8. The van der Waals surface area contributed by atoms with Gasteiger partial charge in [0.05, 0.1) is 24.3 Å². The molecular weight excluding hydrogens is 309 g/mol. The summed E-state index contributed by atoms with van der Waals surface area (Å²) in [5.74, 6) is -0.855. The summed E-state index contributed by atoms with van der Waals surface area (Å²) in [4.78, 5) is 25.2. The van der Waals surface area contributed by atoms with Crippen molar-refractivity contribution in [3.05, 3.63) is 35.4 Å². The second-order valence-corrected chi connectivity index (χ2v) is 6.49. The summed E-state index contributed by atoms with van der Waals surface area (Å²) in [6.07, 6.45) is -0.317. The SMILES string of the molecule is CCOP(=O)(COCN1C(=O)c2ccccc2C1=O)OCC. The number of ether oxygens (including phenoxy) is 1. The number of hydrogen-bond acceptors (Lipinski definition) is 6. The maximum atomic E-state index is 12.2. The van der Waals surface area contributed by atoms with Crippen molar-refractivity contribution in [2.45, 2.75) is 13.8 Å². The third-order valence-electron chi connectivity index (χ3n) is 3.00. The molecule has 120 valence electrons. The predicted octanol–water partition coefficient (Wildman–Crippen LogP) is 2.48.